The fourth-order valence-electron chi connectivity index (χ4n) is 3.41. The average molecular weight is 417 g/mol. The summed E-state index contributed by atoms with van der Waals surface area (Å²) in [5.74, 6) is 0.195. The normalized spacial score (nSPS) is 15.6. The SMILES string of the molecule is Cc1ccc(S(=O)(=O)NC(CC(=O)NCCC2=CCCCC2)c2ccco2)cc1. The van der Waals surface area contributed by atoms with Crippen LogP contribution in [0.15, 0.2) is 63.6 Å². The zero-order chi connectivity index (χ0) is 20.7. The van der Waals surface area contributed by atoms with E-state index >= 15 is 0 Å². The van der Waals surface area contributed by atoms with Gasteiger partial charge in [-0.25, -0.2) is 8.42 Å². The third kappa shape index (κ3) is 6.30. The van der Waals surface area contributed by atoms with Crippen LogP contribution in [0.5, 0.6) is 0 Å². The lowest BCUT2D eigenvalue weighted by Crippen LogP contribution is -2.34. The summed E-state index contributed by atoms with van der Waals surface area (Å²) in [5.41, 5.74) is 2.36. The highest BCUT2D eigenvalue weighted by Crippen LogP contribution is 2.22. The van der Waals surface area contributed by atoms with Crippen molar-refractivity contribution < 1.29 is 17.6 Å². The summed E-state index contributed by atoms with van der Waals surface area (Å²) < 4.78 is 33.5. The first-order valence-electron chi connectivity index (χ1n) is 10.0. The first-order valence-corrected chi connectivity index (χ1v) is 11.5. The summed E-state index contributed by atoms with van der Waals surface area (Å²) in [5, 5.41) is 2.90. The molecule has 1 aliphatic carbocycles. The predicted octanol–water partition coefficient (Wildman–Crippen LogP) is 4.00. The van der Waals surface area contributed by atoms with Crippen LogP contribution in [0.4, 0.5) is 0 Å². The summed E-state index contributed by atoms with van der Waals surface area (Å²) in [6.07, 6.45) is 9.20. The summed E-state index contributed by atoms with van der Waals surface area (Å²) in [6, 6.07) is 9.15. The van der Waals surface area contributed by atoms with Gasteiger partial charge in [0.15, 0.2) is 0 Å². The maximum Gasteiger partial charge on any atom is 0.241 e. The number of hydrogen-bond acceptors (Lipinski definition) is 4. The molecule has 6 nitrogen and oxygen atoms in total. The zero-order valence-electron chi connectivity index (χ0n) is 16.7. The molecule has 7 heteroatoms. The Kier molecular flexibility index (Phi) is 7.28. The van der Waals surface area contributed by atoms with Crippen molar-refractivity contribution in [2.45, 2.75) is 56.4 Å². The summed E-state index contributed by atoms with van der Waals surface area (Å²) >= 11 is 0. The van der Waals surface area contributed by atoms with E-state index in [0.717, 1.165) is 24.8 Å². The molecule has 0 spiro atoms. The summed E-state index contributed by atoms with van der Waals surface area (Å²) in [7, 11) is -3.78. The lowest BCUT2D eigenvalue weighted by atomic mass is 9.97. The first kappa shape index (κ1) is 21.3. The van der Waals surface area contributed by atoms with E-state index in [9.17, 15) is 13.2 Å². The molecule has 0 saturated heterocycles. The molecule has 2 N–H and O–H groups in total. The van der Waals surface area contributed by atoms with Crippen molar-refractivity contribution in [3.63, 3.8) is 0 Å². The second-order valence-corrected chi connectivity index (χ2v) is 9.13. The predicted molar refractivity (Wildman–Crippen MR) is 112 cm³/mol. The molecule has 0 bridgehead atoms. The minimum absolute atomic E-state index is 0.0301. The molecule has 156 valence electrons. The Bertz CT molecular complexity index is 932. The third-order valence-electron chi connectivity index (χ3n) is 5.06. The first-order chi connectivity index (χ1) is 13.9. The molecule has 0 radical (unpaired) electrons. The van der Waals surface area contributed by atoms with Gasteiger partial charge in [-0.05, 0) is 63.3 Å². The molecule has 0 aliphatic heterocycles. The molecular weight excluding hydrogens is 388 g/mol. The van der Waals surface area contributed by atoms with Crippen LogP contribution in [0.3, 0.4) is 0 Å². The van der Waals surface area contributed by atoms with E-state index in [1.54, 1.807) is 36.4 Å². The van der Waals surface area contributed by atoms with Gasteiger partial charge in [-0.15, -0.1) is 0 Å². The van der Waals surface area contributed by atoms with Crippen LogP contribution in [0.25, 0.3) is 0 Å². The fourth-order valence-corrected chi connectivity index (χ4v) is 4.62. The number of carbonyl (C=O) groups excluding carboxylic acids is 1. The number of nitrogens with one attached hydrogen (secondary N) is 2. The fraction of sp³-hybridized carbons (Fsp3) is 0.409. The van der Waals surface area contributed by atoms with Gasteiger partial charge in [0, 0.05) is 6.54 Å². The molecule has 1 amide bonds. The number of rotatable bonds is 9. The molecular formula is C22H28N2O4S. The lowest BCUT2D eigenvalue weighted by Gasteiger charge is -2.17. The molecule has 0 saturated carbocycles. The highest BCUT2D eigenvalue weighted by molar-refractivity contribution is 7.89. The van der Waals surface area contributed by atoms with E-state index in [0.29, 0.717) is 12.3 Å². The molecule has 1 aromatic heterocycles. The molecule has 0 fully saturated rings. The number of sulfonamides is 1. The Morgan fingerprint density at radius 1 is 1.17 bits per heavy atom. The lowest BCUT2D eigenvalue weighted by molar-refractivity contribution is -0.121. The smallest absolute Gasteiger partial charge is 0.241 e. The molecule has 1 aromatic carbocycles. The Morgan fingerprint density at radius 2 is 1.97 bits per heavy atom. The molecule has 1 unspecified atom stereocenters. The zero-order valence-corrected chi connectivity index (χ0v) is 17.5. The maximum absolute atomic E-state index is 12.8. The van der Waals surface area contributed by atoms with Gasteiger partial charge in [0.1, 0.15) is 5.76 Å². The second-order valence-electron chi connectivity index (χ2n) is 7.41. The minimum Gasteiger partial charge on any atom is -0.468 e. The number of carbonyl (C=O) groups is 1. The van der Waals surface area contributed by atoms with E-state index in [1.165, 1.54) is 24.7 Å². The third-order valence-corrected chi connectivity index (χ3v) is 6.55. The summed E-state index contributed by atoms with van der Waals surface area (Å²) in [4.78, 5) is 12.6. The van der Waals surface area contributed by atoms with Crippen molar-refractivity contribution in [3.8, 4) is 0 Å². The van der Waals surface area contributed by atoms with Crippen LogP contribution in [-0.4, -0.2) is 20.9 Å². The number of allylic oxidation sites excluding steroid dienone is 1. The highest BCUT2D eigenvalue weighted by Gasteiger charge is 2.25. The van der Waals surface area contributed by atoms with Crippen molar-refractivity contribution in [2.24, 2.45) is 0 Å². The van der Waals surface area contributed by atoms with Gasteiger partial charge in [-0.1, -0.05) is 29.3 Å². The molecule has 1 heterocycles. The maximum atomic E-state index is 12.8. The van der Waals surface area contributed by atoms with E-state index in [-0.39, 0.29) is 17.2 Å². The van der Waals surface area contributed by atoms with Gasteiger partial charge in [-0.3, -0.25) is 4.79 Å². The Hall–Kier alpha value is -2.38. The number of aryl methyl sites for hydroxylation is 1. The molecule has 1 atom stereocenters. The molecule has 1 aliphatic rings. The van der Waals surface area contributed by atoms with Gasteiger partial charge in [0.05, 0.1) is 23.6 Å². The van der Waals surface area contributed by atoms with Gasteiger partial charge in [-0.2, -0.15) is 4.72 Å². The largest absolute Gasteiger partial charge is 0.468 e. The topological polar surface area (TPSA) is 88.4 Å². The monoisotopic (exact) mass is 416 g/mol. The van der Waals surface area contributed by atoms with E-state index in [2.05, 4.69) is 16.1 Å². The number of amides is 1. The van der Waals surface area contributed by atoms with Crippen LogP contribution in [-0.2, 0) is 14.8 Å². The highest BCUT2D eigenvalue weighted by atomic mass is 32.2. The van der Waals surface area contributed by atoms with E-state index < -0.39 is 16.1 Å². The van der Waals surface area contributed by atoms with Crippen molar-refractivity contribution in [3.05, 3.63) is 65.6 Å². The van der Waals surface area contributed by atoms with Gasteiger partial charge in [0.25, 0.3) is 0 Å². The minimum atomic E-state index is -3.78. The number of hydrogen-bond donors (Lipinski definition) is 2. The van der Waals surface area contributed by atoms with Crippen molar-refractivity contribution in [2.75, 3.05) is 6.54 Å². The van der Waals surface area contributed by atoms with Crippen molar-refractivity contribution in [1.29, 1.82) is 0 Å². The summed E-state index contributed by atoms with van der Waals surface area (Å²) in [6.45, 7) is 2.45. The average Bonchev–Trinajstić information content (AvgIpc) is 3.23. The number of furan rings is 1. The van der Waals surface area contributed by atoms with Crippen LogP contribution < -0.4 is 10.0 Å². The van der Waals surface area contributed by atoms with Gasteiger partial charge < -0.3 is 9.73 Å². The Balaban J connectivity index is 1.62. The molecule has 3 rings (SSSR count). The van der Waals surface area contributed by atoms with Crippen molar-refractivity contribution in [1.82, 2.24) is 10.0 Å². The standard InChI is InChI=1S/C22H28N2O4S/c1-17-9-11-19(12-10-17)29(26,27)24-20(21-8-5-15-28-21)16-22(25)23-14-13-18-6-3-2-4-7-18/h5-6,8-12,15,20,24H,2-4,7,13-14,16H2,1H3,(H,23,25). The van der Waals surface area contributed by atoms with Crippen LogP contribution in [0, 0.1) is 6.92 Å². The quantitative estimate of drug-likeness (QED) is 0.605. The van der Waals surface area contributed by atoms with Crippen LogP contribution >= 0.6 is 0 Å². The van der Waals surface area contributed by atoms with E-state index in [4.69, 9.17) is 4.42 Å². The second kappa shape index (κ2) is 9.89. The molecule has 2 aromatic rings. The van der Waals surface area contributed by atoms with Crippen LogP contribution in [0.2, 0.25) is 0 Å². The van der Waals surface area contributed by atoms with Gasteiger partial charge in [0.2, 0.25) is 15.9 Å². The van der Waals surface area contributed by atoms with E-state index in [1.807, 2.05) is 6.92 Å². The number of benzene rings is 1. The van der Waals surface area contributed by atoms with Crippen molar-refractivity contribution >= 4 is 15.9 Å². The Labute approximate surface area is 172 Å². The van der Waals surface area contributed by atoms with Gasteiger partial charge >= 0.3 is 0 Å². The van der Waals surface area contributed by atoms with Crippen LogP contribution in [0.1, 0.15) is 55.9 Å². The Morgan fingerprint density at radius 3 is 2.62 bits per heavy atom. The molecule has 29 heavy (non-hydrogen) atoms.